The zero-order chi connectivity index (χ0) is 12.0. The maximum atomic E-state index is 5.32. The van der Waals surface area contributed by atoms with Crippen molar-refractivity contribution in [3.8, 4) is 0 Å². The van der Waals surface area contributed by atoms with Crippen LogP contribution in [0.15, 0.2) is 12.4 Å². The third-order valence-electron chi connectivity index (χ3n) is 2.54. The molecule has 6 heteroatoms. The lowest BCUT2D eigenvalue weighted by molar-refractivity contribution is 0.665. The minimum atomic E-state index is 0.482. The van der Waals surface area contributed by atoms with Gasteiger partial charge in [-0.05, 0) is 12.7 Å². The van der Waals surface area contributed by atoms with Crippen molar-refractivity contribution in [1.29, 1.82) is 0 Å². The molecule has 1 heterocycles. The van der Waals surface area contributed by atoms with Crippen LogP contribution in [0.5, 0.6) is 0 Å². The number of hydrogen-bond donors (Lipinski definition) is 2. The Labute approximate surface area is 101 Å². The van der Waals surface area contributed by atoms with Gasteiger partial charge < -0.3 is 10.3 Å². The van der Waals surface area contributed by atoms with Crippen LogP contribution in [0.25, 0.3) is 0 Å². The van der Waals surface area contributed by atoms with E-state index in [4.69, 9.17) is 5.84 Å². The second-order valence-corrected chi connectivity index (χ2v) is 4.44. The van der Waals surface area contributed by atoms with E-state index in [0.29, 0.717) is 11.9 Å². The van der Waals surface area contributed by atoms with Crippen LogP contribution in [0.2, 0.25) is 0 Å². The van der Waals surface area contributed by atoms with E-state index in [0.717, 1.165) is 18.0 Å². The highest BCUT2D eigenvalue weighted by molar-refractivity contribution is 7.98. The lowest BCUT2D eigenvalue weighted by Gasteiger charge is -2.27. The van der Waals surface area contributed by atoms with Crippen molar-refractivity contribution in [2.24, 2.45) is 5.84 Å². The van der Waals surface area contributed by atoms with E-state index in [1.54, 1.807) is 0 Å². The van der Waals surface area contributed by atoms with Crippen molar-refractivity contribution >= 4 is 23.4 Å². The van der Waals surface area contributed by atoms with Gasteiger partial charge in [-0.25, -0.2) is 15.8 Å². The molecular weight excluding hydrogens is 222 g/mol. The quantitative estimate of drug-likeness (QED) is 0.579. The Morgan fingerprint density at radius 1 is 1.56 bits per heavy atom. The van der Waals surface area contributed by atoms with Crippen LogP contribution >= 0.6 is 11.8 Å². The van der Waals surface area contributed by atoms with Crippen LogP contribution in [0.4, 0.5) is 11.6 Å². The van der Waals surface area contributed by atoms with Gasteiger partial charge in [0.25, 0.3) is 0 Å². The Hall–Kier alpha value is -1.01. The summed E-state index contributed by atoms with van der Waals surface area (Å²) in [5.74, 6) is 7.94. The first-order valence-corrected chi connectivity index (χ1v) is 6.62. The minimum absolute atomic E-state index is 0.482. The van der Waals surface area contributed by atoms with Crippen molar-refractivity contribution < 1.29 is 0 Å². The molecule has 0 aromatic carbocycles. The molecule has 0 amide bonds. The number of nitrogens with one attached hydrogen (secondary N) is 1. The molecule has 0 aliphatic carbocycles. The summed E-state index contributed by atoms with van der Waals surface area (Å²) in [6.45, 7) is 2.18. The first-order chi connectivity index (χ1) is 7.72. The number of thioether (sulfide) groups is 1. The molecule has 0 spiro atoms. The van der Waals surface area contributed by atoms with Crippen molar-refractivity contribution in [3.05, 3.63) is 12.4 Å². The fourth-order valence-corrected chi connectivity index (χ4v) is 2.35. The van der Waals surface area contributed by atoms with Crippen molar-refractivity contribution in [2.45, 2.75) is 19.4 Å². The van der Waals surface area contributed by atoms with Gasteiger partial charge in [0.15, 0.2) is 0 Å². The van der Waals surface area contributed by atoms with Gasteiger partial charge in [-0.2, -0.15) is 11.8 Å². The summed E-state index contributed by atoms with van der Waals surface area (Å²) in [6.07, 6.45) is 4.73. The van der Waals surface area contributed by atoms with Gasteiger partial charge >= 0.3 is 0 Å². The Morgan fingerprint density at radius 2 is 2.31 bits per heavy atom. The van der Waals surface area contributed by atoms with Gasteiger partial charge in [0.05, 0.1) is 0 Å². The number of aromatic nitrogens is 2. The Kier molecular flexibility index (Phi) is 5.34. The molecule has 0 bridgehead atoms. The maximum Gasteiger partial charge on any atom is 0.145 e. The predicted molar refractivity (Wildman–Crippen MR) is 70.7 cm³/mol. The largest absolute Gasteiger partial charge is 0.356 e. The fourth-order valence-electron chi connectivity index (χ4n) is 1.50. The topological polar surface area (TPSA) is 67.1 Å². The Morgan fingerprint density at radius 3 is 2.88 bits per heavy atom. The molecule has 1 aromatic heterocycles. The van der Waals surface area contributed by atoms with Crippen LogP contribution < -0.4 is 16.2 Å². The Bertz CT molecular complexity index is 320. The molecule has 90 valence electrons. The summed E-state index contributed by atoms with van der Waals surface area (Å²) in [5, 5.41) is 0. The third-order valence-corrected chi connectivity index (χ3v) is 3.26. The van der Waals surface area contributed by atoms with Crippen molar-refractivity contribution in [1.82, 2.24) is 9.97 Å². The molecule has 0 fully saturated rings. The average Bonchev–Trinajstić information content (AvgIpc) is 2.35. The second kappa shape index (κ2) is 6.55. The van der Waals surface area contributed by atoms with Crippen LogP contribution in [0.3, 0.4) is 0 Å². The third kappa shape index (κ3) is 3.24. The summed E-state index contributed by atoms with van der Waals surface area (Å²) in [6, 6.07) is 2.33. The zero-order valence-corrected chi connectivity index (χ0v) is 10.8. The number of nitrogens with two attached hydrogens (primary N) is 1. The summed E-state index contributed by atoms with van der Waals surface area (Å²) in [4.78, 5) is 10.4. The SMILES string of the molecule is CCC(CSC)N(C)c1cc(NN)ncn1. The molecule has 1 aromatic rings. The number of hydrogen-bond acceptors (Lipinski definition) is 6. The van der Waals surface area contributed by atoms with E-state index in [1.807, 2.05) is 24.9 Å². The highest BCUT2D eigenvalue weighted by Crippen LogP contribution is 2.17. The molecule has 0 aliphatic rings. The first kappa shape index (κ1) is 13.1. The van der Waals surface area contributed by atoms with E-state index in [-0.39, 0.29) is 0 Å². The molecule has 0 aliphatic heterocycles. The van der Waals surface area contributed by atoms with Gasteiger partial charge in [-0.1, -0.05) is 6.92 Å². The van der Waals surface area contributed by atoms with Crippen molar-refractivity contribution in [3.63, 3.8) is 0 Å². The maximum absolute atomic E-state index is 5.32. The molecule has 1 rings (SSSR count). The summed E-state index contributed by atoms with van der Waals surface area (Å²) < 4.78 is 0. The molecule has 0 radical (unpaired) electrons. The molecular formula is C10H19N5S. The molecule has 3 N–H and O–H groups in total. The van der Waals surface area contributed by atoms with Crippen molar-refractivity contribution in [2.75, 3.05) is 29.4 Å². The number of nitrogens with zero attached hydrogens (tertiary/aromatic N) is 3. The standard InChI is InChI=1S/C10H19N5S/c1-4-8(6-16-3)15(2)10-5-9(14-11)12-7-13-10/h5,7-8H,4,6,11H2,1-3H3,(H,12,13,14). The zero-order valence-electron chi connectivity index (χ0n) is 9.97. The number of nitrogen functional groups attached to an aromatic ring is 1. The van der Waals surface area contributed by atoms with Crippen LogP contribution in [0.1, 0.15) is 13.3 Å². The molecule has 16 heavy (non-hydrogen) atoms. The van der Waals surface area contributed by atoms with Crippen LogP contribution in [-0.2, 0) is 0 Å². The van der Waals surface area contributed by atoms with Gasteiger partial charge in [-0.3, -0.25) is 0 Å². The smallest absolute Gasteiger partial charge is 0.145 e. The first-order valence-electron chi connectivity index (χ1n) is 5.23. The van der Waals surface area contributed by atoms with Gasteiger partial charge in [0, 0.05) is 24.9 Å². The lowest BCUT2D eigenvalue weighted by atomic mass is 10.2. The lowest BCUT2D eigenvalue weighted by Crippen LogP contribution is -2.33. The van der Waals surface area contributed by atoms with Crippen LogP contribution in [-0.4, -0.2) is 35.1 Å². The Balaban J connectivity index is 2.80. The van der Waals surface area contributed by atoms with E-state index in [1.165, 1.54) is 6.33 Å². The molecule has 0 saturated carbocycles. The number of hydrazine groups is 1. The summed E-state index contributed by atoms with van der Waals surface area (Å²) in [7, 11) is 2.05. The number of rotatable bonds is 6. The van der Waals surface area contributed by atoms with Gasteiger partial charge in [0.2, 0.25) is 0 Å². The monoisotopic (exact) mass is 241 g/mol. The average molecular weight is 241 g/mol. The van der Waals surface area contributed by atoms with E-state index in [9.17, 15) is 0 Å². The normalized spacial score (nSPS) is 12.2. The van der Waals surface area contributed by atoms with E-state index < -0.39 is 0 Å². The molecule has 1 unspecified atom stereocenters. The fraction of sp³-hybridized carbons (Fsp3) is 0.600. The minimum Gasteiger partial charge on any atom is -0.356 e. The van der Waals surface area contributed by atoms with Crippen LogP contribution in [0, 0.1) is 0 Å². The molecule has 5 nitrogen and oxygen atoms in total. The summed E-state index contributed by atoms with van der Waals surface area (Å²) in [5.41, 5.74) is 2.53. The highest BCUT2D eigenvalue weighted by Gasteiger charge is 2.14. The second-order valence-electron chi connectivity index (χ2n) is 3.53. The predicted octanol–water partition coefficient (Wildman–Crippen LogP) is 1.34. The van der Waals surface area contributed by atoms with E-state index >= 15 is 0 Å². The van der Waals surface area contributed by atoms with E-state index in [2.05, 4.69) is 33.5 Å². The molecule has 0 saturated heterocycles. The highest BCUT2D eigenvalue weighted by atomic mass is 32.2. The van der Waals surface area contributed by atoms with Gasteiger partial charge in [-0.15, -0.1) is 0 Å². The number of anilines is 2. The molecule has 1 atom stereocenters. The summed E-state index contributed by atoms with van der Waals surface area (Å²) >= 11 is 1.84. The van der Waals surface area contributed by atoms with Gasteiger partial charge in [0.1, 0.15) is 18.0 Å².